The molecule has 0 radical (unpaired) electrons. The van der Waals surface area contributed by atoms with Gasteiger partial charge in [0.15, 0.2) is 12.3 Å². The molecule has 3 N–H and O–H groups in total. The van der Waals surface area contributed by atoms with E-state index in [2.05, 4.69) is 11.9 Å². The molecule has 3 rings (SSSR count). The molecule has 12 heteroatoms. The monoisotopic (exact) mass is 623 g/mol. The largest absolute Gasteiger partial charge is 0.478 e. The number of carboxylic acids is 1. The number of hydrogen-bond acceptors (Lipinski definition) is 10. The summed E-state index contributed by atoms with van der Waals surface area (Å²) in [6, 6.07) is 0. The molecule has 3 heterocycles. The van der Waals surface area contributed by atoms with Crippen molar-refractivity contribution in [3.05, 3.63) is 48.6 Å². The van der Waals surface area contributed by atoms with Crippen LogP contribution in [0.4, 0.5) is 0 Å². The first-order chi connectivity index (χ1) is 20.8. The number of aliphatic hydroxyl groups excluding tert-OH is 1. The highest BCUT2D eigenvalue weighted by Crippen LogP contribution is 2.44. The smallest absolute Gasteiger partial charge is 0.328 e. The normalized spacial score (nSPS) is 35.5. The fraction of sp³-hybridized carbons (Fsp3) is 0.688. The maximum Gasteiger partial charge on any atom is 0.328 e. The molecular weight excluding hydrogens is 574 g/mol. The van der Waals surface area contributed by atoms with Gasteiger partial charge in [0.1, 0.15) is 19.0 Å². The summed E-state index contributed by atoms with van der Waals surface area (Å²) in [5, 5.41) is 22.6. The van der Waals surface area contributed by atoms with Crippen molar-refractivity contribution >= 4 is 11.9 Å². The van der Waals surface area contributed by atoms with Crippen molar-refractivity contribution in [2.24, 2.45) is 11.3 Å². The molecule has 0 aromatic heterocycles. The molecule has 0 aromatic rings. The number of rotatable bonds is 13. The average Bonchev–Trinajstić information content (AvgIpc) is 2.98. The number of carbonyl (C=O) groups is 2. The van der Waals surface area contributed by atoms with Gasteiger partial charge in [0.2, 0.25) is 5.79 Å². The highest BCUT2D eigenvalue weighted by molar-refractivity contribution is 5.82. The van der Waals surface area contributed by atoms with Gasteiger partial charge < -0.3 is 48.7 Å². The molecule has 12 nitrogen and oxygen atoms in total. The molecule has 0 saturated carbocycles. The molecule has 44 heavy (non-hydrogen) atoms. The number of aliphatic carboxylic acids is 1. The lowest BCUT2D eigenvalue weighted by atomic mass is 9.72. The van der Waals surface area contributed by atoms with Gasteiger partial charge in [-0.2, -0.15) is 0 Å². The Morgan fingerprint density at radius 3 is 2.43 bits per heavy atom. The summed E-state index contributed by atoms with van der Waals surface area (Å²) >= 11 is 0. The van der Waals surface area contributed by atoms with E-state index in [-0.39, 0.29) is 37.4 Å². The predicted molar refractivity (Wildman–Crippen MR) is 160 cm³/mol. The van der Waals surface area contributed by atoms with E-state index in [1.165, 1.54) is 13.2 Å². The maximum atomic E-state index is 13.4. The van der Waals surface area contributed by atoms with Crippen molar-refractivity contribution in [2.45, 2.75) is 102 Å². The van der Waals surface area contributed by atoms with Gasteiger partial charge in [0.05, 0.1) is 24.4 Å². The van der Waals surface area contributed by atoms with Crippen LogP contribution in [0.15, 0.2) is 48.6 Å². The second-order valence-corrected chi connectivity index (χ2v) is 12.1. The topological polar surface area (TPSA) is 151 Å². The van der Waals surface area contributed by atoms with Crippen LogP contribution in [-0.2, 0) is 42.7 Å². The van der Waals surface area contributed by atoms with Crippen LogP contribution < -0.4 is 5.32 Å². The molecule has 0 bridgehead atoms. The third-order valence-corrected chi connectivity index (χ3v) is 8.99. The lowest BCUT2D eigenvalue weighted by molar-refractivity contribution is -0.333. The Hall–Kier alpha value is -2.42. The number of ether oxygens (including phenoxy) is 7. The van der Waals surface area contributed by atoms with E-state index < -0.39 is 53.7 Å². The maximum absolute atomic E-state index is 13.4. The predicted octanol–water partition coefficient (Wildman–Crippen LogP) is 2.86. The number of methoxy groups -OCH3 is 3. The van der Waals surface area contributed by atoms with Crippen LogP contribution in [-0.4, -0.2) is 105 Å². The minimum Gasteiger partial charge on any atom is -0.478 e. The number of amides is 1. The standard InChI is InChI=1S/C32H49NO11/c1-19-17-32(40-8,44-21(3)20(19)2)27(36)29(37)33-30-26-25(41-18-42-30)28(39-7)31(4,5)23(43-26)16-22(38-6)14-12-10-9-11-13-15-24(34)35/h9-13,15,20-23,25-28,30,36H,1,14,16-18H2,2-8H3,(H,33,37)(H,34,35)/b11-9+,12-10+,15-13+/t20-,21-,22?,23-,25?,26?,27-,28-,30?,32-/m1/s1. The zero-order chi connectivity index (χ0) is 32.7. The molecule has 4 unspecified atom stereocenters. The van der Waals surface area contributed by atoms with Gasteiger partial charge in [0.25, 0.3) is 5.91 Å². The van der Waals surface area contributed by atoms with Gasteiger partial charge in [-0.05, 0) is 13.3 Å². The quantitative estimate of drug-likeness (QED) is 0.158. The Bertz CT molecular complexity index is 1090. The van der Waals surface area contributed by atoms with Crippen molar-refractivity contribution in [1.82, 2.24) is 5.32 Å². The van der Waals surface area contributed by atoms with E-state index in [4.69, 9.17) is 38.3 Å². The Kier molecular flexibility index (Phi) is 12.9. The van der Waals surface area contributed by atoms with E-state index in [1.807, 2.05) is 39.8 Å². The van der Waals surface area contributed by atoms with E-state index >= 15 is 0 Å². The molecule has 0 spiro atoms. The number of aliphatic hydroxyl groups is 1. The molecule has 1 amide bonds. The number of hydrogen-bond donors (Lipinski definition) is 3. The van der Waals surface area contributed by atoms with Crippen LogP contribution in [0.2, 0.25) is 0 Å². The molecular formula is C32H49NO11. The van der Waals surface area contributed by atoms with Crippen molar-refractivity contribution in [1.29, 1.82) is 0 Å². The van der Waals surface area contributed by atoms with E-state index in [1.54, 1.807) is 26.4 Å². The molecule has 3 fully saturated rings. The Balaban J connectivity index is 1.74. The fourth-order valence-electron chi connectivity index (χ4n) is 6.04. The second kappa shape index (κ2) is 15.7. The first-order valence-electron chi connectivity index (χ1n) is 14.9. The minimum absolute atomic E-state index is 0.0406. The zero-order valence-corrected chi connectivity index (χ0v) is 26.8. The van der Waals surface area contributed by atoms with Crippen LogP contribution in [0.3, 0.4) is 0 Å². The molecule has 10 atom stereocenters. The number of allylic oxidation sites excluding steroid dienone is 4. The Labute approximate surface area is 260 Å². The van der Waals surface area contributed by atoms with Crippen molar-refractivity contribution in [2.75, 3.05) is 28.1 Å². The van der Waals surface area contributed by atoms with Crippen LogP contribution in [0, 0.1) is 11.3 Å². The Morgan fingerprint density at radius 2 is 1.82 bits per heavy atom. The number of carboxylic acid groups (broad SMARTS) is 1. The first-order valence-corrected chi connectivity index (χ1v) is 14.9. The van der Waals surface area contributed by atoms with Crippen molar-refractivity contribution < 1.29 is 53.0 Å². The lowest BCUT2D eigenvalue weighted by Gasteiger charge is -2.54. The Morgan fingerprint density at radius 1 is 1.11 bits per heavy atom. The summed E-state index contributed by atoms with van der Waals surface area (Å²) in [7, 11) is 4.63. The summed E-state index contributed by atoms with van der Waals surface area (Å²) in [5.74, 6) is -3.30. The van der Waals surface area contributed by atoms with Gasteiger partial charge >= 0.3 is 5.97 Å². The van der Waals surface area contributed by atoms with Gasteiger partial charge in [0, 0.05) is 51.6 Å². The van der Waals surface area contributed by atoms with Crippen LogP contribution in [0.1, 0.15) is 47.0 Å². The fourth-order valence-corrected chi connectivity index (χ4v) is 6.04. The summed E-state index contributed by atoms with van der Waals surface area (Å²) in [6.45, 7) is 11.9. The van der Waals surface area contributed by atoms with Gasteiger partial charge in [-0.1, -0.05) is 63.3 Å². The number of nitrogens with one attached hydrogen (secondary N) is 1. The molecule has 3 aliphatic rings. The number of carbonyl (C=O) groups excluding carboxylic acids is 1. The second-order valence-electron chi connectivity index (χ2n) is 12.1. The lowest BCUT2D eigenvalue weighted by Crippen LogP contribution is -2.69. The van der Waals surface area contributed by atoms with Gasteiger partial charge in [-0.15, -0.1) is 0 Å². The van der Waals surface area contributed by atoms with Gasteiger partial charge in [-0.25, -0.2) is 4.79 Å². The van der Waals surface area contributed by atoms with Crippen LogP contribution in [0.25, 0.3) is 0 Å². The third kappa shape index (κ3) is 8.24. The summed E-state index contributed by atoms with van der Waals surface area (Å²) in [4.78, 5) is 24.0. The van der Waals surface area contributed by atoms with Crippen LogP contribution in [0.5, 0.6) is 0 Å². The summed E-state index contributed by atoms with van der Waals surface area (Å²) < 4.78 is 41.7. The van der Waals surface area contributed by atoms with E-state index in [0.717, 1.165) is 11.6 Å². The van der Waals surface area contributed by atoms with E-state index in [9.17, 15) is 14.7 Å². The molecule has 3 saturated heterocycles. The molecule has 3 aliphatic heterocycles. The van der Waals surface area contributed by atoms with E-state index in [0.29, 0.717) is 12.8 Å². The zero-order valence-electron chi connectivity index (χ0n) is 26.8. The van der Waals surface area contributed by atoms with Gasteiger partial charge in [-0.3, -0.25) is 4.79 Å². The molecule has 0 aliphatic carbocycles. The first kappa shape index (κ1) is 36.1. The highest BCUT2D eigenvalue weighted by atomic mass is 16.7. The summed E-state index contributed by atoms with van der Waals surface area (Å²) in [6.07, 6.45) is 5.59. The highest BCUT2D eigenvalue weighted by Gasteiger charge is 2.57. The minimum atomic E-state index is -1.67. The summed E-state index contributed by atoms with van der Waals surface area (Å²) in [5.41, 5.74) is 0.309. The SMILES string of the molecule is C=C1C[C@](OC)([C@H](O)C(=O)NC2OCOC3C2O[C@H](CC(C/C=C/C=C/C=C/C(=O)O)OC)C(C)(C)[C@@H]3OC)O[C@H](C)[C@@H]1C. The third-order valence-electron chi connectivity index (χ3n) is 8.99. The van der Waals surface area contributed by atoms with Crippen molar-refractivity contribution in [3.63, 3.8) is 0 Å². The van der Waals surface area contributed by atoms with Crippen LogP contribution >= 0.6 is 0 Å². The number of fused-ring (bicyclic) bond motifs is 1. The average molecular weight is 624 g/mol. The molecule has 248 valence electrons. The van der Waals surface area contributed by atoms with Crippen molar-refractivity contribution in [3.8, 4) is 0 Å². The molecule has 0 aromatic carbocycles.